The van der Waals surface area contributed by atoms with E-state index in [-0.39, 0.29) is 0 Å². The summed E-state index contributed by atoms with van der Waals surface area (Å²) in [6.45, 7) is 7.69. The summed E-state index contributed by atoms with van der Waals surface area (Å²) < 4.78 is 5.97. The molecule has 0 amide bonds. The van der Waals surface area contributed by atoms with Gasteiger partial charge in [-0.15, -0.1) is 6.58 Å². The molecule has 0 spiro atoms. The van der Waals surface area contributed by atoms with Crippen molar-refractivity contribution in [3.8, 4) is 11.5 Å². The van der Waals surface area contributed by atoms with Crippen LogP contribution < -0.4 is 4.74 Å². The highest BCUT2D eigenvalue weighted by molar-refractivity contribution is 6.30. The molecule has 0 aliphatic heterocycles. The summed E-state index contributed by atoms with van der Waals surface area (Å²) in [5, 5.41) is 11.8. The molecular weight excluding hydrogens is 368 g/mol. The molecule has 3 aromatic carbocycles. The Kier molecular flexibility index (Phi) is 5.93. The van der Waals surface area contributed by atoms with Gasteiger partial charge in [0.15, 0.2) is 0 Å². The van der Waals surface area contributed by atoms with Crippen LogP contribution in [-0.4, -0.2) is 10.7 Å². The fraction of sp³-hybridized carbons (Fsp3) is 0.200. The first-order valence-electron chi connectivity index (χ1n) is 9.28. The molecule has 2 unspecified atom stereocenters. The molecule has 0 heterocycles. The molecule has 0 radical (unpaired) electrons. The minimum absolute atomic E-state index is 0.593. The molecule has 144 valence electrons. The minimum atomic E-state index is -1.11. The standard InChI is InChI=1S/C25H25ClO2/c1-4-25(3,27)24(2,20-13-15-21(26)16-14-20)18-19-9-8-12-23(17-19)28-22-10-6-5-7-11-22/h4-17,27H,1,18H2,2-3H3. The Bertz CT molecular complexity index is 932. The van der Waals surface area contributed by atoms with Crippen molar-refractivity contribution in [2.75, 3.05) is 0 Å². The Hall–Kier alpha value is -2.55. The van der Waals surface area contributed by atoms with Gasteiger partial charge in [0.2, 0.25) is 0 Å². The normalized spacial score (nSPS) is 15.3. The second-order valence-corrected chi connectivity index (χ2v) is 7.87. The third-order valence-corrected chi connectivity index (χ3v) is 5.68. The smallest absolute Gasteiger partial charge is 0.127 e. The lowest BCUT2D eigenvalue weighted by atomic mass is 9.66. The number of aliphatic hydroxyl groups is 1. The van der Waals surface area contributed by atoms with Crippen LogP contribution in [-0.2, 0) is 11.8 Å². The molecule has 0 fully saturated rings. The van der Waals surface area contributed by atoms with Crippen molar-refractivity contribution in [3.63, 3.8) is 0 Å². The molecule has 0 saturated heterocycles. The zero-order valence-corrected chi connectivity index (χ0v) is 17.0. The molecule has 0 saturated carbocycles. The number of ether oxygens (including phenoxy) is 1. The lowest BCUT2D eigenvalue weighted by Gasteiger charge is -2.42. The van der Waals surface area contributed by atoms with Crippen molar-refractivity contribution in [1.29, 1.82) is 0 Å². The van der Waals surface area contributed by atoms with Crippen LogP contribution >= 0.6 is 11.6 Å². The summed E-state index contributed by atoms with van der Waals surface area (Å²) in [7, 11) is 0. The molecule has 28 heavy (non-hydrogen) atoms. The SMILES string of the molecule is C=CC(C)(O)C(C)(Cc1cccc(Oc2ccccc2)c1)c1ccc(Cl)cc1. The average Bonchev–Trinajstić information content (AvgIpc) is 2.69. The van der Waals surface area contributed by atoms with Crippen LogP contribution in [0.5, 0.6) is 11.5 Å². The highest BCUT2D eigenvalue weighted by atomic mass is 35.5. The maximum atomic E-state index is 11.1. The van der Waals surface area contributed by atoms with Crippen LogP contribution in [0.3, 0.4) is 0 Å². The second-order valence-electron chi connectivity index (χ2n) is 7.43. The van der Waals surface area contributed by atoms with Crippen molar-refractivity contribution in [1.82, 2.24) is 0 Å². The lowest BCUT2D eigenvalue weighted by molar-refractivity contribution is 0.0293. The van der Waals surface area contributed by atoms with E-state index >= 15 is 0 Å². The van der Waals surface area contributed by atoms with Gasteiger partial charge in [-0.05, 0) is 60.9 Å². The van der Waals surface area contributed by atoms with Gasteiger partial charge in [0.05, 0.1) is 5.60 Å². The zero-order chi connectivity index (χ0) is 20.2. The van der Waals surface area contributed by atoms with E-state index in [9.17, 15) is 5.11 Å². The third-order valence-electron chi connectivity index (χ3n) is 5.43. The Labute approximate surface area is 172 Å². The molecule has 0 aliphatic rings. The largest absolute Gasteiger partial charge is 0.457 e. The van der Waals surface area contributed by atoms with Gasteiger partial charge in [-0.2, -0.15) is 0 Å². The van der Waals surface area contributed by atoms with E-state index in [1.54, 1.807) is 13.0 Å². The molecule has 2 nitrogen and oxygen atoms in total. The molecule has 3 heteroatoms. The summed E-state index contributed by atoms with van der Waals surface area (Å²) in [4.78, 5) is 0. The molecular formula is C25H25ClO2. The molecule has 0 aliphatic carbocycles. The van der Waals surface area contributed by atoms with E-state index < -0.39 is 11.0 Å². The van der Waals surface area contributed by atoms with Crippen LogP contribution in [0.4, 0.5) is 0 Å². The second kappa shape index (κ2) is 8.22. The fourth-order valence-corrected chi connectivity index (χ4v) is 3.49. The summed E-state index contributed by atoms with van der Waals surface area (Å²) in [5.74, 6) is 1.55. The van der Waals surface area contributed by atoms with Crippen molar-refractivity contribution < 1.29 is 9.84 Å². The Morgan fingerprint density at radius 2 is 1.57 bits per heavy atom. The van der Waals surface area contributed by atoms with Gasteiger partial charge in [0.25, 0.3) is 0 Å². The molecule has 0 aromatic heterocycles. The van der Waals surface area contributed by atoms with Crippen LogP contribution in [0.1, 0.15) is 25.0 Å². The highest BCUT2D eigenvalue weighted by Gasteiger charge is 2.42. The van der Waals surface area contributed by atoms with Crippen LogP contribution in [0, 0.1) is 0 Å². The van der Waals surface area contributed by atoms with Gasteiger partial charge >= 0.3 is 0 Å². The van der Waals surface area contributed by atoms with E-state index in [1.807, 2.05) is 85.8 Å². The average molecular weight is 393 g/mol. The summed E-state index contributed by atoms with van der Waals surface area (Å²) >= 11 is 6.07. The van der Waals surface area contributed by atoms with E-state index in [0.29, 0.717) is 11.4 Å². The number of hydrogen-bond donors (Lipinski definition) is 1. The topological polar surface area (TPSA) is 29.5 Å². The zero-order valence-electron chi connectivity index (χ0n) is 16.2. The fourth-order valence-electron chi connectivity index (χ4n) is 3.37. The summed E-state index contributed by atoms with van der Waals surface area (Å²) in [5.41, 5.74) is 0.353. The van der Waals surface area contributed by atoms with E-state index in [2.05, 4.69) is 6.58 Å². The molecule has 3 aromatic rings. The first-order valence-corrected chi connectivity index (χ1v) is 9.66. The molecule has 2 atom stereocenters. The Morgan fingerprint density at radius 1 is 0.929 bits per heavy atom. The van der Waals surface area contributed by atoms with Crippen molar-refractivity contribution in [3.05, 3.63) is 108 Å². The predicted molar refractivity (Wildman–Crippen MR) is 116 cm³/mol. The number of benzene rings is 3. The minimum Gasteiger partial charge on any atom is -0.457 e. The first-order chi connectivity index (χ1) is 13.3. The Balaban J connectivity index is 1.94. The maximum absolute atomic E-state index is 11.1. The maximum Gasteiger partial charge on any atom is 0.127 e. The van der Waals surface area contributed by atoms with Crippen LogP contribution in [0.2, 0.25) is 5.02 Å². The lowest BCUT2D eigenvalue weighted by Crippen LogP contribution is -2.47. The number of halogens is 1. The van der Waals surface area contributed by atoms with Crippen molar-refractivity contribution in [2.45, 2.75) is 31.3 Å². The summed E-state index contributed by atoms with van der Waals surface area (Å²) in [6, 6.07) is 25.3. The molecule has 0 bridgehead atoms. The monoisotopic (exact) mass is 392 g/mol. The molecule has 1 N–H and O–H groups in total. The van der Waals surface area contributed by atoms with Gasteiger partial charge < -0.3 is 9.84 Å². The van der Waals surface area contributed by atoms with E-state index in [1.165, 1.54) is 0 Å². The van der Waals surface area contributed by atoms with E-state index in [4.69, 9.17) is 16.3 Å². The number of para-hydroxylation sites is 1. The van der Waals surface area contributed by atoms with Gasteiger partial charge in [0.1, 0.15) is 11.5 Å². The first kappa shape index (κ1) is 20.2. The van der Waals surface area contributed by atoms with Crippen LogP contribution in [0.25, 0.3) is 0 Å². The highest BCUT2D eigenvalue weighted by Crippen LogP contribution is 2.40. The molecule has 3 rings (SSSR count). The van der Waals surface area contributed by atoms with Crippen molar-refractivity contribution >= 4 is 11.6 Å². The van der Waals surface area contributed by atoms with Gasteiger partial charge in [-0.1, -0.05) is 67.1 Å². The van der Waals surface area contributed by atoms with Gasteiger partial charge in [-0.25, -0.2) is 0 Å². The summed E-state index contributed by atoms with van der Waals surface area (Å²) in [6.07, 6.45) is 2.21. The third kappa shape index (κ3) is 4.30. The number of rotatable bonds is 7. The van der Waals surface area contributed by atoms with Gasteiger partial charge in [-0.3, -0.25) is 0 Å². The van der Waals surface area contributed by atoms with Crippen LogP contribution in [0.15, 0.2) is 91.5 Å². The van der Waals surface area contributed by atoms with Crippen molar-refractivity contribution in [2.24, 2.45) is 0 Å². The Morgan fingerprint density at radius 3 is 2.21 bits per heavy atom. The van der Waals surface area contributed by atoms with Gasteiger partial charge in [0, 0.05) is 10.4 Å². The predicted octanol–water partition coefficient (Wildman–Crippen LogP) is 6.57. The van der Waals surface area contributed by atoms with E-state index in [0.717, 1.165) is 22.6 Å². The number of hydrogen-bond acceptors (Lipinski definition) is 2. The quantitative estimate of drug-likeness (QED) is 0.461.